The largest absolute Gasteiger partial charge is 0.342 e. The van der Waals surface area contributed by atoms with Crippen LogP contribution in [0.15, 0.2) is 66.7 Å². The molecule has 3 N–H and O–H groups in total. The minimum atomic E-state index is -0.195. The Kier molecular flexibility index (Phi) is 5.80. The summed E-state index contributed by atoms with van der Waals surface area (Å²) in [5.74, 6) is 0.632. The summed E-state index contributed by atoms with van der Waals surface area (Å²) in [6.07, 6.45) is 1.68. The lowest BCUT2D eigenvalue weighted by molar-refractivity contribution is -0.114. The maximum Gasteiger partial charge on any atom is 0.255 e. The zero-order chi connectivity index (χ0) is 21.8. The summed E-state index contributed by atoms with van der Waals surface area (Å²) in [6, 6.07) is 20.8. The van der Waals surface area contributed by atoms with Crippen molar-refractivity contribution in [2.45, 2.75) is 26.7 Å². The van der Waals surface area contributed by atoms with Gasteiger partial charge in [0.1, 0.15) is 5.82 Å². The number of imidazole rings is 1. The van der Waals surface area contributed by atoms with Crippen LogP contribution in [-0.4, -0.2) is 21.8 Å². The van der Waals surface area contributed by atoms with E-state index in [0.717, 1.165) is 35.4 Å². The van der Waals surface area contributed by atoms with Crippen LogP contribution in [0.25, 0.3) is 11.0 Å². The molecule has 0 bridgehead atoms. The van der Waals surface area contributed by atoms with Crippen LogP contribution in [0.4, 0.5) is 11.4 Å². The van der Waals surface area contributed by atoms with Gasteiger partial charge in [-0.05, 0) is 73.0 Å². The van der Waals surface area contributed by atoms with Gasteiger partial charge in [0.05, 0.1) is 11.0 Å². The Labute approximate surface area is 180 Å². The van der Waals surface area contributed by atoms with Crippen molar-refractivity contribution in [3.63, 3.8) is 0 Å². The molecule has 6 nitrogen and oxygen atoms in total. The van der Waals surface area contributed by atoms with Gasteiger partial charge in [-0.2, -0.15) is 0 Å². The molecular formula is C25H24N4O2. The van der Waals surface area contributed by atoms with E-state index in [-0.39, 0.29) is 11.8 Å². The van der Waals surface area contributed by atoms with Crippen LogP contribution in [-0.2, 0) is 17.6 Å². The monoisotopic (exact) mass is 412 g/mol. The maximum absolute atomic E-state index is 12.4. The van der Waals surface area contributed by atoms with Crippen molar-refractivity contribution in [2.75, 3.05) is 10.6 Å². The molecule has 0 spiro atoms. The molecule has 6 heteroatoms. The van der Waals surface area contributed by atoms with Gasteiger partial charge in [-0.3, -0.25) is 9.59 Å². The number of aryl methyl sites for hydroxylation is 3. The number of aromatic amines is 1. The number of amides is 2. The number of fused-ring (bicyclic) bond motifs is 1. The van der Waals surface area contributed by atoms with Gasteiger partial charge in [-0.1, -0.05) is 18.2 Å². The fourth-order valence-corrected chi connectivity index (χ4v) is 3.42. The number of carbonyl (C=O) groups is 2. The van der Waals surface area contributed by atoms with Gasteiger partial charge in [0.25, 0.3) is 5.91 Å². The van der Waals surface area contributed by atoms with Crippen molar-refractivity contribution < 1.29 is 9.59 Å². The SMILES string of the molecule is CC(=O)Nc1ccc(C(=O)Nc2ccc(CCc3nc4ccc(C)cc4[nH]3)cc2)cc1. The summed E-state index contributed by atoms with van der Waals surface area (Å²) >= 11 is 0. The Hall–Kier alpha value is -3.93. The first-order valence-electron chi connectivity index (χ1n) is 10.2. The topological polar surface area (TPSA) is 86.9 Å². The number of carbonyl (C=O) groups excluding carboxylic acids is 2. The molecule has 0 aliphatic rings. The molecule has 31 heavy (non-hydrogen) atoms. The summed E-state index contributed by atoms with van der Waals surface area (Å²) in [5, 5.41) is 5.58. The second kappa shape index (κ2) is 8.83. The van der Waals surface area contributed by atoms with E-state index >= 15 is 0 Å². The van der Waals surface area contributed by atoms with Gasteiger partial charge in [-0.15, -0.1) is 0 Å². The molecule has 2 amide bonds. The maximum atomic E-state index is 12.4. The number of nitrogens with one attached hydrogen (secondary N) is 3. The lowest BCUT2D eigenvalue weighted by Crippen LogP contribution is -2.12. The first kappa shape index (κ1) is 20.3. The number of hydrogen-bond acceptors (Lipinski definition) is 3. The Balaban J connectivity index is 1.34. The quantitative estimate of drug-likeness (QED) is 0.422. The standard InChI is InChI=1S/C25H24N4O2/c1-16-3-13-22-23(15-16)29-24(28-22)14-6-18-4-9-21(10-5-18)27-25(31)19-7-11-20(12-8-19)26-17(2)30/h3-5,7-13,15H,6,14H2,1-2H3,(H,26,30)(H,27,31)(H,28,29). The first-order chi connectivity index (χ1) is 15.0. The van der Waals surface area contributed by atoms with E-state index < -0.39 is 0 Å². The highest BCUT2D eigenvalue weighted by Crippen LogP contribution is 2.17. The van der Waals surface area contributed by atoms with Crippen molar-refractivity contribution in [1.82, 2.24) is 9.97 Å². The van der Waals surface area contributed by atoms with Crippen LogP contribution in [0.5, 0.6) is 0 Å². The van der Waals surface area contributed by atoms with Crippen LogP contribution >= 0.6 is 0 Å². The minimum Gasteiger partial charge on any atom is -0.342 e. The second-order valence-corrected chi connectivity index (χ2v) is 7.61. The zero-order valence-electron chi connectivity index (χ0n) is 17.5. The summed E-state index contributed by atoms with van der Waals surface area (Å²) < 4.78 is 0. The van der Waals surface area contributed by atoms with Crippen LogP contribution in [0.2, 0.25) is 0 Å². The highest BCUT2D eigenvalue weighted by molar-refractivity contribution is 6.04. The normalized spacial score (nSPS) is 10.8. The predicted octanol–water partition coefficient (Wildman–Crippen LogP) is 4.87. The number of nitrogens with zero attached hydrogens (tertiary/aromatic N) is 1. The van der Waals surface area contributed by atoms with Crippen LogP contribution in [0.3, 0.4) is 0 Å². The number of hydrogen-bond donors (Lipinski definition) is 3. The predicted molar refractivity (Wildman–Crippen MR) is 123 cm³/mol. The Morgan fingerprint density at radius 2 is 1.55 bits per heavy atom. The summed E-state index contributed by atoms with van der Waals surface area (Å²) in [7, 11) is 0. The van der Waals surface area contributed by atoms with E-state index in [9.17, 15) is 9.59 Å². The average molecular weight is 412 g/mol. The number of aromatic nitrogens is 2. The van der Waals surface area contributed by atoms with Crippen molar-refractivity contribution in [3.8, 4) is 0 Å². The third-order valence-corrected chi connectivity index (χ3v) is 5.02. The van der Waals surface area contributed by atoms with E-state index in [0.29, 0.717) is 11.3 Å². The molecule has 156 valence electrons. The molecule has 0 radical (unpaired) electrons. The molecule has 1 aromatic heterocycles. The number of H-pyrrole nitrogens is 1. The van der Waals surface area contributed by atoms with E-state index in [1.165, 1.54) is 18.1 Å². The first-order valence-corrected chi connectivity index (χ1v) is 10.2. The lowest BCUT2D eigenvalue weighted by atomic mass is 10.1. The zero-order valence-corrected chi connectivity index (χ0v) is 17.5. The molecular weight excluding hydrogens is 388 g/mol. The number of rotatable bonds is 6. The summed E-state index contributed by atoms with van der Waals surface area (Å²) in [4.78, 5) is 31.6. The van der Waals surface area contributed by atoms with Gasteiger partial charge in [0.15, 0.2) is 0 Å². The van der Waals surface area contributed by atoms with Crippen molar-refractivity contribution >= 4 is 34.2 Å². The fourth-order valence-electron chi connectivity index (χ4n) is 3.42. The van der Waals surface area contributed by atoms with Crippen LogP contribution < -0.4 is 10.6 Å². The average Bonchev–Trinajstić information content (AvgIpc) is 3.15. The fraction of sp³-hybridized carbons (Fsp3) is 0.160. The van der Waals surface area contributed by atoms with E-state index in [2.05, 4.69) is 39.7 Å². The highest BCUT2D eigenvalue weighted by Gasteiger charge is 2.07. The smallest absolute Gasteiger partial charge is 0.255 e. The molecule has 1 heterocycles. The van der Waals surface area contributed by atoms with Crippen molar-refractivity contribution in [1.29, 1.82) is 0 Å². The molecule has 0 unspecified atom stereocenters. The summed E-state index contributed by atoms with van der Waals surface area (Å²) in [6.45, 7) is 3.52. The third kappa shape index (κ3) is 5.17. The Morgan fingerprint density at radius 1 is 0.871 bits per heavy atom. The molecule has 0 saturated carbocycles. The van der Waals surface area contributed by atoms with Gasteiger partial charge in [0, 0.05) is 30.3 Å². The van der Waals surface area contributed by atoms with Gasteiger partial charge >= 0.3 is 0 Å². The molecule has 0 aliphatic carbocycles. The number of anilines is 2. The van der Waals surface area contributed by atoms with Crippen molar-refractivity contribution in [2.24, 2.45) is 0 Å². The molecule has 4 aromatic rings. The van der Waals surface area contributed by atoms with E-state index in [1.807, 2.05) is 30.3 Å². The van der Waals surface area contributed by atoms with E-state index in [4.69, 9.17) is 0 Å². The molecule has 0 fully saturated rings. The van der Waals surface area contributed by atoms with E-state index in [1.54, 1.807) is 24.3 Å². The molecule has 0 saturated heterocycles. The van der Waals surface area contributed by atoms with Gasteiger partial charge in [-0.25, -0.2) is 4.98 Å². The highest BCUT2D eigenvalue weighted by atomic mass is 16.2. The van der Waals surface area contributed by atoms with Crippen LogP contribution in [0.1, 0.15) is 34.2 Å². The van der Waals surface area contributed by atoms with Crippen LogP contribution in [0, 0.1) is 6.92 Å². The van der Waals surface area contributed by atoms with Crippen molar-refractivity contribution in [3.05, 3.63) is 89.2 Å². The summed E-state index contributed by atoms with van der Waals surface area (Å²) in [5.41, 5.74) is 6.37. The van der Waals surface area contributed by atoms with Gasteiger partial charge < -0.3 is 15.6 Å². The second-order valence-electron chi connectivity index (χ2n) is 7.61. The molecule has 0 atom stereocenters. The molecule has 4 rings (SSSR count). The Bertz CT molecular complexity index is 1220. The molecule has 3 aromatic carbocycles. The third-order valence-electron chi connectivity index (χ3n) is 5.02. The molecule has 0 aliphatic heterocycles. The minimum absolute atomic E-state index is 0.146. The number of benzene rings is 3. The lowest BCUT2D eigenvalue weighted by Gasteiger charge is -2.08. The Morgan fingerprint density at radius 3 is 2.26 bits per heavy atom. The van der Waals surface area contributed by atoms with Gasteiger partial charge in [0.2, 0.25) is 5.91 Å².